The molecule has 0 atom stereocenters. The molecule has 0 fully saturated rings. The number of tetrazole rings is 1. The van der Waals surface area contributed by atoms with E-state index in [1.54, 1.807) is 31.3 Å². The minimum atomic E-state index is -0.705. The first-order valence-corrected chi connectivity index (χ1v) is 8.09. The summed E-state index contributed by atoms with van der Waals surface area (Å²) in [5.74, 6) is -0.881. The van der Waals surface area contributed by atoms with Crippen LogP contribution < -0.4 is 10.6 Å². The third-order valence-corrected chi connectivity index (χ3v) is 3.66. The van der Waals surface area contributed by atoms with Crippen molar-refractivity contribution in [2.75, 3.05) is 11.9 Å². The fraction of sp³-hybridized carbons (Fsp3) is 0.167. The number of carbonyl (C=O) groups excluding carboxylic acids is 2. The fourth-order valence-electron chi connectivity index (χ4n) is 2.34. The van der Waals surface area contributed by atoms with Gasteiger partial charge in [0.25, 0.3) is 0 Å². The molecule has 0 saturated heterocycles. The molecule has 0 bridgehead atoms. The van der Waals surface area contributed by atoms with Crippen molar-refractivity contribution in [2.24, 2.45) is 7.05 Å². The van der Waals surface area contributed by atoms with E-state index in [4.69, 9.17) is 0 Å². The fourth-order valence-corrected chi connectivity index (χ4v) is 2.34. The number of aryl methyl sites for hydroxylation is 1. The van der Waals surface area contributed by atoms with Crippen molar-refractivity contribution in [3.8, 4) is 11.4 Å². The van der Waals surface area contributed by atoms with E-state index in [0.717, 1.165) is 11.1 Å². The predicted molar refractivity (Wildman–Crippen MR) is 96.0 cm³/mol. The lowest BCUT2D eigenvalue weighted by Gasteiger charge is -2.07. The summed E-state index contributed by atoms with van der Waals surface area (Å²) in [7, 11) is 1.68. The van der Waals surface area contributed by atoms with Crippen molar-refractivity contribution in [3.63, 3.8) is 0 Å². The molecule has 8 heteroatoms. The van der Waals surface area contributed by atoms with Gasteiger partial charge in [-0.1, -0.05) is 30.3 Å². The number of hydrogen-bond donors (Lipinski definition) is 2. The predicted octanol–water partition coefficient (Wildman–Crippen LogP) is 1.17. The number of nitrogens with one attached hydrogen (secondary N) is 2. The van der Waals surface area contributed by atoms with Crippen LogP contribution in [0, 0.1) is 0 Å². The summed E-state index contributed by atoms with van der Waals surface area (Å²) in [5, 5.41) is 17.0. The summed E-state index contributed by atoms with van der Waals surface area (Å²) >= 11 is 0. The van der Waals surface area contributed by atoms with Crippen LogP contribution in [-0.2, 0) is 23.1 Å². The summed E-state index contributed by atoms with van der Waals surface area (Å²) in [6.45, 7) is 0.396. The standard InChI is InChI=1S/C18H18N6O2/c1-24-22-16(21-23-24)14-7-9-15(10-8-14)20-18(26)17(25)19-12-11-13-5-3-2-4-6-13/h2-10H,11-12H2,1H3,(H,19,25)(H,20,26). The van der Waals surface area contributed by atoms with E-state index < -0.39 is 11.8 Å². The van der Waals surface area contributed by atoms with Crippen LogP contribution in [0.1, 0.15) is 5.56 Å². The molecule has 3 aromatic rings. The van der Waals surface area contributed by atoms with E-state index in [1.807, 2.05) is 30.3 Å². The van der Waals surface area contributed by atoms with Gasteiger partial charge in [-0.05, 0) is 41.5 Å². The second-order valence-electron chi connectivity index (χ2n) is 5.63. The molecule has 0 aliphatic rings. The SMILES string of the molecule is Cn1nnc(-c2ccc(NC(=O)C(=O)NCCc3ccccc3)cc2)n1. The Balaban J connectivity index is 1.50. The molecule has 0 saturated carbocycles. The van der Waals surface area contributed by atoms with Gasteiger partial charge in [0.2, 0.25) is 5.82 Å². The maximum absolute atomic E-state index is 12.0. The molecule has 0 spiro atoms. The number of hydrogen-bond acceptors (Lipinski definition) is 5. The van der Waals surface area contributed by atoms with Crippen molar-refractivity contribution in [1.82, 2.24) is 25.5 Å². The number of amides is 2. The second-order valence-corrected chi connectivity index (χ2v) is 5.63. The highest BCUT2D eigenvalue weighted by atomic mass is 16.2. The van der Waals surface area contributed by atoms with Crippen LogP contribution in [-0.4, -0.2) is 38.6 Å². The summed E-state index contributed by atoms with van der Waals surface area (Å²) in [5.41, 5.74) is 2.38. The van der Waals surface area contributed by atoms with Gasteiger partial charge in [0.05, 0.1) is 7.05 Å². The molecule has 26 heavy (non-hydrogen) atoms. The minimum absolute atomic E-state index is 0.396. The zero-order valence-electron chi connectivity index (χ0n) is 14.2. The Hall–Kier alpha value is -3.55. The van der Waals surface area contributed by atoms with Crippen LogP contribution in [0.25, 0.3) is 11.4 Å². The molecular formula is C18H18N6O2. The molecule has 1 aromatic heterocycles. The first-order valence-electron chi connectivity index (χ1n) is 8.09. The van der Waals surface area contributed by atoms with Gasteiger partial charge >= 0.3 is 11.8 Å². The topological polar surface area (TPSA) is 102 Å². The number of anilines is 1. The van der Waals surface area contributed by atoms with E-state index in [9.17, 15) is 9.59 Å². The third kappa shape index (κ3) is 4.50. The van der Waals surface area contributed by atoms with E-state index >= 15 is 0 Å². The molecule has 2 amide bonds. The largest absolute Gasteiger partial charge is 0.347 e. The molecule has 2 aromatic carbocycles. The number of benzene rings is 2. The molecule has 132 valence electrons. The van der Waals surface area contributed by atoms with Crippen molar-refractivity contribution < 1.29 is 9.59 Å². The van der Waals surface area contributed by atoms with Gasteiger partial charge < -0.3 is 10.6 Å². The minimum Gasteiger partial charge on any atom is -0.347 e. The average Bonchev–Trinajstić information content (AvgIpc) is 3.09. The number of aromatic nitrogens is 4. The zero-order chi connectivity index (χ0) is 18.4. The van der Waals surface area contributed by atoms with Crippen LogP contribution in [0.2, 0.25) is 0 Å². The second kappa shape index (κ2) is 8.02. The molecule has 2 N–H and O–H groups in total. The molecule has 3 rings (SSSR count). The van der Waals surface area contributed by atoms with Gasteiger partial charge in [0.1, 0.15) is 0 Å². The summed E-state index contributed by atoms with van der Waals surface area (Å²) in [6, 6.07) is 16.6. The Bertz CT molecular complexity index is 890. The highest BCUT2D eigenvalue weighted by Crippen LogP contribution is 2.16. The van der Waals surface area contributed by atoms with Crippen LogP contribution in [0.5, 0.6) is 0 Å². The van der Waals surface area contributed by atoms with Crippen LogP contribution in [0.3, 0.4) is 0 Å². The van der Waals surface area contributed by atoms with E-state index in [0.29, 0.717) is 24.5 Å². The molecule has 0 aliphatic carbocycles. The normalized spacial score (nSPS) is 10.3. The third-order valence-electron chi connectivity index (χ3n) is 3.66. The average molecular weight is 350 g/mol. The highest BCUT2D eigenvalue weighted by molar-refractivity contribution is 6.39. The zero-order valence-corrected chi connectivity index (χ0v) is 14.2. The molecule has 8 nitrogen and oxygen atoms in total. The smallest absolute Gasteiger partial charge is 0.313 e. The number of nitrogens with zero attached hydrogens (tertiary/aromatic N) is 4. The van der Waals surface area contributed by atoms with Gasteiger partial charge in [0, 0.05) is 17.8 Å². The van der Waals surface area contributed by atoms with E-state index in [2.05, 4.69) is 26.0 Å². The quantitative estimate of drug-likeness (QED) is 0.673. The number of carbonyl (C=O) groups is 2. The van der Waals surface area contributed by atoms with Gasteiger partial charge in [-0.25, -0.2) is 0 Å². The lowest BCUT2D eigenvalue weighted by Crippen LogP contribution is -2.36. The maximum Gasteiger partial charge on any atom is 0.313 e. The Morgan fingerprint density at radius 2 is 1.73 bits per heavy atom. The highest BCUT2D eigenvalue weighted by Gasteiger charge is 2.13. The van der Waals surface area contributed by atoms with Crippen LogP contribution in [0.15, 0.2) is 54.6 Å². The monoisotopic (exact) mass is 350 g/mol. The Morgan fingerprint density at radius 3 is 2.38 bits per heavy atom. The molecular weight excluding hydrogens is 332 g/mol. The van der Waals surface area contributed by atoms with Crippen molar-refractivity contribution in [3.05, 3.63) is 60.2 Å². The lowest BCUT2D eigenvalue weighted by molar-refractivity contribution is -0.136. The summed E-state index contributed by atoms with van der Waals surface area (Å²) < 4.78 is 0. The summed E-state index contributed by atoms with van der Waals surface area (Å²) in [4.78, 5) is 25.2. The van der Waals surface area contributed by atoms with Crippen LogP contribution in [0.4, 0.5) is 5.69 Å². The Kier molecular flexibility index (Phi) is 5.33. The van der Waals surface area contributed by atoms with Crippen molar-refractivity contribution in [1.29, 1.82) is 0 Å². The van der Waals surface area contributed by atoms with Crippen molar-refractivity contribution >= 4 is 17.5 Å². The van der Waals surface area contributed by atoms with Gasteiger partial charge in [-0.15, -0.1) is 10.2 Å². The van der Waals surface area contributed by atoms with Gasteiger partial charge in [0.15, 0.2) is 0 Å². The first-order chi connectivity index (χ1) is 12.6. The van der Waals surface area contributed by atoms with Gasteiger partial charge in [-0.2, -0.15) is 4.80 Å². The lowest BCUT2D eigenvalue weighted by atomic mass is 10.1. The maximum atomic E-state index is 12.0. The first kappa shape index (κ1) is 17.3. The van der Waals surface area contributed by atoms with Crippen LogP contribution >= 0.6 is 0 Å². The molecule has 0 unspecified atom stereocenters. The Morgan fingerprint density at radius 1 is 1.00 bits per heavy atom. The molecule has 0 aliphatic heterocycles. The van der Waals surface area contributed by atoms with Gasteiger partial charge in [-0.3, -0.25) is 9.59 Å². The van der Waals surface area contributed by atoms with E-state index in [1.165, 1.54) is 4.80 Å². The van der Waals surface area contributed by atoms with Crippen molar-refractivity contribution in [2.45, 2.75) is 6.42 Å². The molecule has 0 radical (unpaired) electrons. The van der Waals surface area contributed by atoms with E-state index in [-0.39, 0.29) is 0 Å². The Labute approximate surface area is 150 Å². The summed E-state index contributed by atoms with van der Waals surface area (Å²) in [6.07, 6.45) is 0.666. The number of rotatable bonds is 5. The molecule has 1 heterocycles.